The Bertz CT molecular complexity index is 1010. The molecule has 1 fully saturated rings. The SMILES string of the molecule is O=C(Cc1ccccc1N1CCC(c2ccoc2)C1)c1ccc2c(c1)OCCO2. The number of ether oxygens (including phenoxy) is 2. The van der Waals surface area contributed by atoms with E-state index < -0.39 is 0 Å². The van der Waals surface area contributed by atoms with Crippen LogP contribution in [0.2, 0.25) is 0 Å². The summed E-state index contributed by atoms with van der Waals surface area (Å²) in [6.07, 6.45) is 5.02. The molecule has 0 spiro atoms. The molecule has 2 aromatic carbocycles. The fourth-order valence-electron chi connectivity index (χ4n) is 4.22. The van der Waals surface area contributed by atoms with Crippen molar-refractivity contribution < 1.29 is 18.7 Å². The summed E-state index contributed by atoms with van der Waals surface area (Å²) in [6, 6.07) is 15.7. The second-order valence-corrected chi connectivity index (χ2v) is 7.58. The molecule has 3 heterocycles. The molecule has 5 heteroatoms. The van der Waals surface area contributed by atoms with Crippen LogP contribution in [0.15, 0.2) is 65.5 Å². The molecule has 0 amide bonds. The van der Waals surface area contributed by atoms with Crippen LogP contribution in [0.1, 0.15) is 33.8 Å². The summed E-state index contributed by atoms with van der Waals surface area (Å²) in [5.41, 5.74) is 4.10. The number of benzene rings is 2. The highest BCUT2D eigenvalue weighted by Crippen LogP contribution is 2.34. The van der Waals surface area contributed by atoms with Crippen molar-refractivity contribution in [2.75, 3.05) is 31.2 Å². The van der Waals surface area contributed by atoms with Gasteiger partial charge >= 0.3 is 0 Å². The van der Waals surface area contributed by atoms with Crippen molar-refractivity contribution in [1.29, 1.82) is 0 Å². The summed E-state index contributed by atoms with van der Waals surface area (Å²) in [4.78, 5) is 15.4. The third-order valence-corrected chi connectivity index (χ3v) is 5.75. The predicted octanol–water partition coefficient (Wildman–Crippen LogP) is 4.47. The summed E-state index contributed by atoms with van der Waals surface area (Å²) in [5, 5.41) is 0. The Morgan fingerprint density at radius 2 is 1.90 bits per heavy atom. The van der Waals surface area contributed by atoms with Crippen LogP contribution in [0, 0.1) is 0 Å². The zero-order valence-electron chi connectivity index (χ0n) is 16.2. The fourth-order valence-corrected chi connectivity index (χ4v) is 4.22. The summed E-state index contributed by atoms with van der Waals surface area (Å²) in [5.74, 6) is 1.91. The van der Waals surface area contributed by atoms with Crippen LogP contribution in [0.4, 0.5) is 5.69 Å². The molecule has 148 valence electrons. The molecule has 1 atom stereocenters. The molecule has 2 aliphatic rings. The molecule has 5 rings (SSSR count). The van der Waals surface area contributed by atoms with Gasteiger partial charge in [-0.2, -0.15) is 0 Å². The van der Waals surface area contributed by atoms with E-state index >= 15 is 0 Å². The molecule has 0 bridgehead atoms. The first-order valence-electron chi connectivity index (χ1n) is 10.1. The molecule has 0 radical (unpaired) electrons. The first-order valence-corrected chi connectivity index (χ1v) is 10.1. The highest BCUT2D eigenvalue weighted by atomic mass is 16.6. The number of carbonyl (C=O) groups is 1. The van der Waals surface area contributed by atoms with Crippen molar-refractivity contribution in [3.63, 3.8) is 0 Å². The summed E-state index contributed by atoms with van der Waals surface area (Å²) in [6.45, 7) is 2.98. The number of rotatable bonds is 5. The predicted molar refractivity (Wildman–Crippen MR) is 110 cm³/mol. The maximum Gasteiger partial charge on any atom is 0.167 e. The van der Waals surface area contributed by atoms with Gasteiger partial charge in [-0.15, -0.1) is 0 Å². The Balaban J connectivity index is 1.34. The number of carbonyl (C=O) groups excluding carboxylic acids is 1. The highest BCUT2D eigenvalue weighted by Gasteiger charge is 2.26. The number of fused-ring (bicyclic) bond motifs is 1. The molecule has 1 saturated heterocycles. The van der Waals surface area contributed by atoms with Gasteiger partial charge in [-0.05, 0) is 47.9 Å². The summed E-state index contributed by atoms with van der Waals surface area (Å²) >= 11 is 0. The van der Waals surface area contributed by atoms with E-state index in [0.717, 1.165) is 30.8 Å². The molecular formula is C24H23NO4. The average molecular weight is 389 g/mol. The van der Waals surface area contributed by atoms with E-state index in [9.17, 15) is 4.79 Å². The smallest absolute Gasteiger partial charge is 0.167 e. The van der Waals surface area contributed by atoms with E-state index in [1.54, 1.807) is 12.3 Å². The molecule has 2 aliphatic heterocycles. The maximum atomic E-state index is 13.0. The maximum absolute atomic E-state index is 13.0. The standard InChI is InChI=1S/C24H23NO4/c26-22(18-5-6-23-24(14-18)29-12-11-28-23)13-17-3-1-2-4-21(17)25-9-7-19(15-25)20-8-10-27-16-20/h1-6,8,10,14,16,19H,7,9,11-13,15H2. The molecule has 0 saturated carbocycles. The topological polar surface area (TPSA) is 51.9 Å². The number of nitrogens with zero attached hydrogens (tertiary/aromatic N) is 1. The monoisotopic (exact) mass is 389 g/mol. The van der Waals surface area contributed by atoms with E-state index in [2.05, 4.69) is 17.0 Å². The van der Waals surface area contributed by atoms with Gasteiger partial charge in [0.05, 0.1) is 12.5 Å². The number of hydrogen-bond acceptors (Lipinski definition) is 5. The van der Waals surface area contributed by atoms with Gasteiger partial charge in [-0.3, -0.25) is 4.79 Å². The largest absolute Gasteiger partial charge is 0.486 e. The molecule has 5 nitrogen and oxygen atoms in total. The number of ketones is 1. The lowest BCUT2D eigenvalue weighted by atomic mass is 10.00. The Hall–Kier alpha value is -3.21. The van der Waals surface area contributed by atoms with Crippen LogP contribution < -0.4 is 14.4 Å². The second kappa shape index (κ2) is 7.66. The van der Waals surface area contributed by atoms with Crippen molar-refractivity contribution in [3.05, 3.63) is 77.7 Å². The lowest BCUT2D eigenvalue weighted by Gasteiger charge is -2.22. The van der Waals surface area contributed by atoms with Gasteiger partial charge in [0.1, 0.15) is 13.2 Å². The zero-order valence-corrected chi connectivity index (χ0v) is 16.2. The van der Waals surface area contributed by atoms with Gasteiger partial charge in [0, 0.05) is 36.7 Å². The van der Waals surface area contributed by atoms with E-state index in [-0.39, 0.29) is 5.78 Å². The normalized spacial score (nSPS) is 18.1. The summed E-state index contributed by atoms with van der Waals surface area (Å²) < 4.78 is 16.4. The Labute approximate surface area is 169 Å². The van der Waals surface area contributed by atoms with E-state index in [1.807, 2.05) is 36.6 Å². The molecule has 3 aromatic rings. The Morgan fingerprint density at radius 3 is 2.76 bits per heavy atom. The third kappa shape index (κ3) is 3.60. The van der Waals surface area contributed by atoms with Gasteiger partial charge in [0.25, 0.3) is 0 Å². The van der Waals surface area contributed by atoms with Gasteiger partial charge in [-0.1, -0.05) is 18.2 Å². The van der Waals surface area contributed by atoms with E-state index in [0.29, 0.717) is 42.6 Å². The minimum Gasteiger partial charge on any atom is -0.486 e. The number of Topliss-reactive ketones (excluding diaryl/α,β-unsaturated/α-hetero) is 1. The Kier molecular flexibility index (Phi) is 4.72. The molecule has 1 aromatic heterocycles. The van der Waals surface area contributed by atoms with Gasteiger partial charge in [-0.25, -0.2) is 0 Å². The molecule has 0 N–H and O–H groups in total. The Morgan fingerprint density at radius 1 is 1.03 bits per heavy atom. The van der Waals surface area contributed by atoms with Crippen molar-refractivity contribution in [2.45, 2.75) is 18.8 Å². The first kappa shape index (κ1) is 17.9. The van der Waals surface area contributed by atoms with Gasteiger partial charge < -0.3 is 18.8 Å². The quantitative estimate of drug-likeness (QED) is 0.603. The second-order valence-electron chi connectivity index (χ2n) is 7.58. The number of anilines is 1. The van der Waals surface area contributed by atoms with Crippen molar-refractivity contribution in [3.8, 4) is 11.5 Å². The van der Waals surface area contributed by atoms with Crippen LogP contribution in [-0.2, 0) is 6.42 Å². The van der Waals surface area contributed by atoms with Crippen LogP contribution in [-0.4, -0.2) is 32.1 Å². The van der Waals surface area contributed by atoms with Crippen LogP contribution in [0.25, 0.3) is 0 Å². The van der Waals surface area contributed by atoms with Crippen molar-refractivity contribution in [1.82, 2.24) is 0 Å². The van der Waals surface area contributed by atoms with Crippen molar-refractivity contribution >= 4 is 11.5 Å². The van der Waals surface area contributed by atoms with Crippen molar-refractivity contribution in [2.24, 2.45) is 0 Å². The number of furan rings is 1. The average Bonchev–Trinajstić information content (AvgIpc) is 3.46. The van der Waals surface area contributed by atoms with Gasteiger partial charge in [0.15, 0.2) is 17.3 Å². The van der Waals surface area contributed by atoms with Gasteiger partial charge in [0.2, 0.25) is 0 Å². The van der Waals surface area contributed by atoms with Crippen LogP contribution in [0.3, 0.4) is 0 Å². The number of hydrogen-bond donors (Lipinski definition) is 0. The summed E-state index contributed by atoms with van der Waals surface area (Å²) in [7, 11) is 0. The highest BCUT2D eigenvalue weighted by molar-refractivity contribution is 5.98. The fraction of sp³-hybridized carbons (Fsp3) is 0.292. The minimum absolute atomic E-state index is 0.0833. The van der Waals surface area contributed by atoms with Crippen LogP contribution >= 0.6 is 0 Å². The molecule has 1 unspecified atom stereocenters. The zero-order chi connectivity index (χ0) is 19.6. The minimum atomic E-state index is 0.0833. The molecular weight excluding hydrogens is 366 g/mol. The van der Waals surface area contributed by atoms with Crippen LogP contribution in [0.5, 0.6) is 11.5 Å². The third-order valence-electron chi connectivity index (χ3n) is 5.75. The lowest BCUT2D eigenvalue weighted by Crippen LogP contribution is -2.21. The molecule has 29 heavy (non-hydrogen) atoms. The lowest BCUT2D eigenvalue weighted by molar-refractivity contribution is 0.0991. The van der Waals surface area contributed by atoms with E-state index in [4.69, 9.17) is 13.9 Å². The first-order chi connectivity index (χ1) is 14.3. The number of para-hydroxylation sites is 1. The molecule has 0 aliphatic carbocycles. The van der Waals surface area contributed by atoms with E-state index in [1.165, 1.54) is 5.56 Å².